The average Bonchev–Trinajstić information content (AvgIpc) is 3.51. The number of fused-ring (bicyclic) bond motifs is 2. The fraction of sp³-hybridized carbons (Fsp3) is 0.214. The molecule has 0 unspecified atom stereocenters. The van der Waals surface area contributed by atoms with Crippen LogP contribution in [0.15, 0.2) is 61.2 Å². The largest absolute Gasteiger partial charge is 0.397 e. The Labute approximate surface area is 193 Å². The summed E-state index contributed by atoms with van der Waals surface area (Å²) in [5.41, 5.74) is 17.7. The van der Waals surface area contributed by atoms with Crippen LogP contribution in [0.1, 0.15) is 41.2 Å². The van der Waals surface area contributed by atoms with E-state index in [1.54, 1.807) is 0 Å². The zero-order valence-corrected chi connectivity index (χ0v) is 18.6. The zero-order chi connectivity index (χ0) is 22.4. The summed E-state index contributed by atoms with van der Waals surface area (Å²) in [5, 5.41) is 3.34. The van der Waals surface area contributed by atoms with Crippen LogP contribution in [0.25, 0.3) is 33.3 Å². The smallest absolute Gasteiger partial charge is 0.140 e. The number of pyridine rings is 1. The van der Waals surface area contributed by atoms with Crippen molar-refractivity contribution >= 4 is 27.9 Å². The number of H-pyrrole nitrogens is 1. The lowest BCUT2D eigenvalue weighted by Crippen LogP contribution is -2.20. The maximum absolute atomic E-state index is 6.33. The Balaban J connectivity index is 1.40. The number of nitrogen functional groups attached to an aromatic ring is 1. The first-order valence-corrected chi connectivity index (χ1v) is 11.6. The predicted octanol–water partition coefficient (Wildman–Crippen LogP) is 5.13. The van der Waals surface area contributed by atoms with E-state index in [4.69, 9.17) is 15.7 Å². The molecule has 2 aromatic carbocycles. The van der Waals surface area contributed by atoms with Gasteiger partial charge in [-0.2, -0.15) is 0 Å². The molecule has 4 N–H and O–H groups in total. The van der Waals surface area contributed by atoms with Crippen molar-refractivity contribution in [3.8, 4) is 11.1 Å². The maximum Gasteiger partial charge on any atom is 0.140 e. The Morgan fingerprint density at radius 1 is 0.970 bits per heavy atom. The molecule has 0 atom stereocenters. The molecule has 0 saturated heterocycles. The molecule has 1 aliphatic heterocycles. The van der Waals surface area contributed by atoms with E-state index in [1.165, 1.54) is 35.1 Å². The van der Waals surface area contributed by atoms with Crippen LogP contribution in [-0.2, 0) is 12.8 Å². The van der Waals surface area contributed by atoms with Crippen LogP contribution in [0, 0.1) is 0 Å². The second-order valence-electron chi connectivity index (χ2n) is 8.92. The SMILES string of the molecule is C=C(c1nc2c(-c3ccc4c(c3)CCC4)cccc2[nH]1)c1nc(C2=CCNCC2)ccc1N. The van der Waals surface area contributed by atoms with Gasteiger partial charge in [0.1, 0.15) is 5.82 Å². The molecule has 5 nitrogen and oxygen atoms in total. The fourth-order valence-electron chi connectivity index (χ4n) is 5.01. The van der Waals surface area contributed by atoms with Gasteiger partial charge in [-0.25, -0.2) is 9.97 Å². The van der Waals surface area contributed by atoms with Crippen molar-refractivity contribution in [2.75, 3.05) is 18.8 Å². The second kappa shape index (κ2) is 8.01. The number of aryl methyl sites for hydroxylation is 2. The molecule has 3 heterocycles. The van der Waals surface area contributed by atoms with Crippen LogP contribution in [0.5, 0.6) is 0 Å². The van der Waals surface area contributed by atoms with E-state index < -0.39 is 0 Å². The molecule has 1 aliphatic carbocycles. The standard InChI is InChI=1S/C28H27N5/c1-17(26-23(29)10-11-24(31-26)19-12-14-30-15-13-19)28-32-25-7-3-6-22(27(25)33-28)21-9-8-18-4-2-5-20(18)16-21/h3,6-12,16,30H,1-2,4-5,13-15,29H2,(H,32,33). The number of para-hydroxylation sites is 1. The lowest BCUT2D eigenvalue weighted by Gasteiger charge is -2.15. The Hall–Kier alpha value is -3.70. The molecule has 0 radical (unpaired) electrons. The molecule has 5 heteroatoms. The van der Waals surface area contributed by atoms with Crippen LogP contribution in [0.2, 0.25) is 0 Å². The first kappa shape index (κ1) is 19.9. The highest BCUT2D eigenvalue weighted by molar-refractivity contribution is 5.94. The number of anilines is 1. The first-order valence-electron chi connectivity index (χ1n) is 11.6. The number of nitrogens with two attached hydrogens (primary N) is 1. The van der Waals surface area contributed by atoms with E-state index in [0.29, 0.717) is 22.8 Å². The summed E-state index contributed by atoms with van der Waals surface area (Å²) in [6.07, 6.45) is 6.75. The molecule has 33 heavy (non-hydrogen) atoms. The third kappa shape index (κ3) is 3.55. The Morgan fingerprint density at radius 2 is 1.88 bits per heavy atom. The number of hydrogen-bond acceptors (Lipinski definition) is 4. The summed E-state index contributed by atoms with van der Waals surface area (Å²) < 4.78 is 0. The van der Waals surface area contributed by atoms with E-state index in [-0.39, 0.29) is 0 Å². The van der Waals surface area contributed by atoms with E-state index in [2.05, 4.69) is 59.4 Å². The summed E-state index contributed by atoms with van der Waals surface area (Å²) in [4.78, 5) is 13.3. The molecule has 164 valence electrons. The van der Waals surface area contributed by atoms with Crippen molar-refractivity contribution in [1.82, 2.24) is 20.3 Å². The summed E-state index contributed by atoms with van der Waals surface area (Å²) in [5.74, 6) is 0.703. The van der Waals surface area contributed by atoms with Crippen molar-refractivity contribution in [3.63, 3.8) is 0 Å². The first-order chi connectivity index (χ1) is 16.2. The van der Waals surface area contributed by atoms with Gasteiger partial charge >= 0.3 is 0 Å². The molecule has 2 aliphatic rings. The number of benzene rings is 2. The Morgan fingerprint density at radius 3 is 2.76 bits per heavy atom. The van der Waals surface area contributed by atoms with Gasteiger partial charge in [0.25, 0.3) is 0 Å². The minimum Gasteiger partial charge on any atom is -0.397 e. The number of aromatic amines is 1. The van der Waals surface area contributed by atoms with Crippen LogP contribution in [0.3, 0.4) is 0 Å². The van der Waals surface area contributed by atoms with E-state index in [1.807, 2.05) is 12.1 Å². The lowest BCUT2D eigenvalue weighted by atomic mass is 9.99. The van der Waals surface area contributed by atoms with E-state index in [0.717, 1.165) is 48.2 Å². The van der Waals surface area contributed by atoms with Crippen LogP contribution < -0.4 is 11.1 Å². The topological polar surface area (TPSA) is 79.6 Å². The van der Waals surface area contributed by atoms with Gasteiger partial charge in [-0.1, -0.05) is 43.0 Å². The number of rotatable bonds is 4. The van der Waals surface area contributed by atoms with Gasteiger partial charge in [-0.05, 0) is 72.7 Å². The van der Waals surface area contributed by atoms with Gasteiger partial charge in [0, 0.05) is 17.7 Å². The van der Waals surface area contributed by atoms with Crippen LogP contribution in [0.4, 0.5) is 5.69 Å². The number of nitrogens with one attached hydrogen (secondary N) is 2. The third-order valence-electron chi connectivity index (χ3n) is 6.81. The molecular formula is C28H27N5. The molecule has 0 bridgehead atoms. The predicted molar refractivity (Wildman–Crippen MR) is 136 cm³/mol. The Bertz CT molecular complexity index is 1430. The molecule has 6 rings (SSSR count). The summed E-state index contributed by atoms with van der Waals surface area (Å²) in [6, 6.07) is 17.0. The van der Waals surface area contributed by atoms with Crippen LogP contribution in [-0.4, -0.2) is 28.0 Å². The van der Waals surface area contributed by atoms with Gasteiger partial charge in [0.15, 0.2) is 0 Å². The Kier molecular flexibility index (Phi) is 4.84. The average molecular weight is 434 g/mol. The van der Waals surface area contributed by atoms with Gasteiger partial charge in [-0.3, -0.25) is 0 Å². The summed E-state index contributed by atoms with van der Waals surface area (Å²) in [7, 11) is 0. The molecule has 0 spiro atoms. The highest BCUT2D eigenvalue weighted by atomic mass is 14.9. The van der Waals surface area contributed by atoms with Crippen LogP contribution >= 0.6 is 0 Å². The van der Waals surface area contributed by atoms with Gasteiger partial charge in [-0.15, -0.1) is 0 Å². The van der Waals surface area contributed by atoms with Gasteiger partial charge in [0.2, 0.25) is 0 Å². The molecule has 0 fully saturated rings. The molecule has 0 saturated carbocycles. The summed E-state index contributed by atoms with van der Waals surface area (Å²) in [6.45, 7) is 6.15. The normalized spacial score (nSPS) is 15.5. The van der Waals surface area contributed by atoms with Gasteiger partial charge < -0.3 is 16.0 Å². The minimum absolute atomic E-state index is 0.609. The third-order valence-corrected chi connectivity index (χ3v) is 6.81. The van der Waals surface area contributed by atoms with Crippen molar-refractivity contribution < 1.29 is 0 Å². The lowest BCUT2D eigenvalue weighted by molar-refractivity contribution is 0.737. The second-order valence-corrected chi connectivity index (χ2v) is 8.92. The number of hydrogen-bond donors (Lipinski definition) is 3. The van der Waals surface area contributed by atoms with Crippen molar-refractivity contribution in [3.05, 3.63) is 89.5 Å². The fourth-order valence-corrected chi connectivity index (χ4v) is 5.01. The van der Waals surface area contributed by atoms with Gasteiger partial charge in [0.05, 0.1) is 28.1 Å². The summed E-state index contributed by atoms with van der Waals surface area (Å²) >= 11 is 0. The maximum atomic E-state index is 6.33. The number of aromatic nitrogens is 3. The highest BCUT2D eigenvalue weighted by Gasteiger charge is 2.18. The van der Waals surface area contributed by atoms with E-state index >= 15 is 0 Å². The highest BCUT2D eigenvalue weighted by Crippen LogP contribution is 2.33. The molecule has 2 aromatic heterocycles. The van der Waals surface area contributed by atoms with E-state index in [9.17, 15) is 0 Å². The monoisotopic (exact) mass is 433 g/mol. The molecular weight excluding hydrogens is 406 g/mol. The zero-order valence-electron chi connectivity index (χ0n) is 18.6. The minimum atomic E-state index is 0.609. The molecule has 4 aromatic rings. The van der Waals surface area contributed by atoms with Crippen molar-refractivity contribution in [2.24, 2.45) is 0 Å². The quantitative estimate of drug-likeness (QED) is 0.417. The molecule has 0 amide bonds. The van der Waals surface area contributed by atoms with Crippen molar-refractivity contribution in [1.29, 1.82) is 0 Å². The number of nitrogens with zero attached hydrogens (tertiary/aromatic N) is 2. The van der Waals surface area contributed by atoms with Crippen molar-refractivity contribution in [2.45, 2.75) is 25.7 Å². The number of imidazole rings is 1.